The van der Waals surface area contributed by atoms with Crippen molar-refractivity contribution in [3.8, 4) is 5.75 Å². The SMILES string of the molecule is Cc1ccc2c(Cl)cc(Cl)c(OCC(=O)NCC3CCCCC3)c2n1. The van der Waals surface area contributed by atoms with Crippen LogP contribution in [-0.4, -0.2) is 24.0 Å². The van der Waals surface area contributed by atoms with Gasteiger partial charge >= 0.3 is 0 Å². The molecule has 1 saturated carbocycles. The maximum absolute atomic E-state index is 12.1. The predicted octanol–water partition coefficient (Wildman–Crippen LogP) is 4.93. The lowest BCUT2D eigenvalue weighted by Gasteiger charge is -2.21. The Kier molecular flexibility index (Phi) is 6.02. The van der Waals surface area contributed by atoms with E-state index in [1.54, 1.807) is 6.07 Å². The maximum Gasteiger partial charge on any atom is 0.257 e. The standard InChI is InChI=1S/C19H22Cl2N2O2/c1-12-7-8-14-15(20)9-16(21)19(18(14)23-12)25-11-17(24)22-10-13-5-3-2-4-6-13/h7-9,13H,2-6,10-11H2,1H3,(H,22,24). The molecule has 1 aromatic heterocycles. The zero-order chi connectivity index (χ0) is 17.8. The molecule has 1 amide bonds. The van der Waals surface area contributed by atoms with Crippen LogP contribution in [0.5, 0.6) is 5.75 Å². The van der Waals surface area contributed by atoms with Crippen molar-refractivity contribution in [1.82, 2.24) is 10.3 Å². The van der Waals surface area contributed by atoms with Crippen LogP contribution >= 0.6 is 23.2 Å². The summed E-state index contributed by atoms with van der Waals surface area (Å²) in [6.07, 6.45) is 6.21. The van der Waals surface area contributed by atoms with Crippen molar-refractivity contribution >= 4 is 40.0 Å². The number of aromatic nitrogens is 1. The van der Waals surface area contributed by atoms with E-state index >= 15 is 0 Å². The van der Waals surface area contributed by atoms with Gasteiger partial charge in [-0.1, -0.05) is 42.5 Å². The van der Waals surface area contributed by atoms with E-state index in [0.717, 1.165) is 11.1 Å². The van der Waals surface area contributed by atoms with Gasteiger partial charge in [0.1, 0.15) is 5.52 Å². The van der Waals surface area contributed by atoms with E-state index in [1.807, 2.05) is 19.1 Å². The molecule has 1 aliphatic carbocycles. The summed E-state index contributed by atoms with van der Waals surface area (Å²) >= 11 is 12.5. The van der Waals surface area contributed by atoms with E-state index in [2.05, 4.69) is 10.3 Å². The molecule has 1 N–H and O–H groups in total. The van der Waals surface area contributed by atoms with Crippen LogP contribution in [-0.2, 0) is 4.79 Å². The molecule has 0 bridgehead atoms. The second-order valence-corrected chi connectivity index (χ2v) is 7.43. The molecule has 1 aromatic carbocycles. The van der Waals surface area contributed by atoms with E-state index in [0.29, 0.717) is 33.8 Å². The predicted molar refractivity (Wildman–Crippen MR) is 102 cm³/mol. The van der Waals surface area contributed by atoms with Gasteiger partial charge in [-0.15, -0.1) is 0 Å². The molecular weight excluding hydrogens is 359 g/mol. The first kappa shape index (κ1) is 18.3. The number of fused-ring (bicyclic) bond motifs is 1. The number of rotatable bonds is 5. The highest BCUT2D eigenvalue weighted by atomic mass is 35.5. The number of pyridine rings is 1. The second kappa shape index (κ2) is 8.24. The van der Waals surface area contributed by atoms with Gasteiger partial charge in [-0.05, 0) is 43.9 Å². The third-order valence-electron chi connectivity index (χ3n) is 4.64. The molecule has 4 nitrogen and oxygen atoms in total. The summed E-state index contributed by atoms with van der Waals surface area (Å²) in [6, 6.07) is 5.38. The van der Waals surface area contributed by atoms with Crippen LogP contribution in [0.3, 0.4) is 0 Å². The third kappa shape index (κ3) is 4.56. The molecule has 25 heavy (non-hydrogen) atoms. The summed E-state index contributed by atoms with van der Waals surface area (Å²) in [4.78, 5) is 16.6. The van der Waals surface area contributed by atoms with Crippen LogP contribution in [0.25, 0.3) is 10.9 Å². The van der Waals surface area contributed by atoms with Crippen molar-refractivity contribution in [2.75, 3.05) is 13.2 Å². The molecule has 0 atom stereocenters. The minimum Gasteiger partial charge on any atom is -0.480 e. The highest BCUT2D eigenvalue weighted by molar-refractivity contribution is 6.39. The van der Waals surface area contributed by atoms with Gasteiger partial charge in [0.25, 0.3) is 5.91 Å². The highest BCUT2D eigenvalue weighted by Crippen LogP contribution is 2.37. The van der Waals surface area contributed by atoms with Gasteiger partial charge in [0.2, 0.25) is 0 Å². The van der Waals surface area contributed by atoms with Crippen molar-refractivity contribution in [1.29, 1.82) is 0 Å². The number of carbonyl (C=O) groups excluding carboxylic acids is 1. The number of nitrogens with zero attached hydrogens (tertiary/aromatic N) is 1. The molecule has 0 saturated heterocycles. The highest BCUT2D eigenvalue weighted by Gasteiger charge is 2.17. The van der Waals surface area contributed by atoms with Crippen LogP contribution in [0.1, 0.15) is 37.8 Å². The minimum atomic E-state index is -0.141. The number of amides is 1. The molecule has 1 heterocycles. The summed E-state index contributed by atoms with van der Waals surface area (Å²) in [5.41, 5.74) is 1.41. The van der Waals surface area contributed by atoms with Crippen molar-refractivity contribution in [3.63, 3.8) is 0 Å². The molecule has 2 aromatic rings. The summed E-state index contributed by atoms with van der Waals surface area (Å²) in [5.74, 6) is 0.844. The Morgan fingerprint density at radius 3 is 2.76 bits per heavy atom. The summed E-state index contributed by atoms with van der Waals surface area (Å²) in [7, 11) is 0. The van der Waals surface area contributed by atoms with Crippen molar-refractivity contribution in [3.05, 3.63) is 33.9 Å². The molecule has 1 fully saturated rings. The topological polar surface area (TPSA) is 51.2 Å². The minimum absolute atomic E-state index is 0.0845. The Bertz CT molecular complexity index is 774. The van der Waals surface area contributed by atoms with Crippen LogP contribution < -0.4 is 10.1 Å². The zero-order valence-corrected chi connectivity index (χ0v) is 15.8. The normalized spacial score (nSPS) is 15.3. The van der Waals surface area contributed by atoms with Gasteiger partial charge in [-0.3, -0.25) is 4.79 Å². The second-order valence-electron chi connectivity index (χ2n) is 6.61. The lowest BCUT2D eigenvalue weighted by atomic mass is 9.89. The van der Waals surface area contributed by atoms with Crippen molar-refractivity contribution in [2.24, 2.45) is 5.92 Å². The van der Waals surface area contributed by atoms with E-state index in [-0.39, 0.29) is 12.5 Å². The summed E-state index contributed by atoms with van der Waals surface area (Å²) in [5, 5.41) is 4.59. The lowest BCUT2D eigenvalue weighted by molar-refractivity contribution is -0.123. The maximum atomic E-state index is 12.1. The fourth-order valence-electron chi connectivity index (χ4n) is 3.27. The monoisotopic (exact) mass is 380 g/mol. The van der Waals surface area contributed by atoms with E-state index in [9.17, 15) is 4.79 Å². The number of aryl methyl sites for hydroxylation is 1. The molecule has 0 radical (unpaired) electrons. The fourth-order valence-corrected chi connectivity index (χ4v) is 3.84. The van der Waals surface area contributed by atoms with E-state index < -0.39 is 0 Å². The molecule has 3 rings (SSSR count). The number of hydrogen-bond acceptors (Lipinski definition) is 3. The van der Waals surface area contributed by atoms with Crippen LogP contribution in [0.4, 0.5) is 0 Å². The fraction of sp³-hybridized carbons (Fsp3) is 0.474. The quantitative estimate of drug-likeness (QED) is 0.799. The third-order valence-corrected chi connectivity index (χ3v) is 5.23. The molecule has 0 unspecified atom stereocenters. The van der Waals surface area contributed by atoms with Crippen molar-refractivity contribution in [2.45, 2.75) is 39.0 Å². The average Bonchev–Trinajstić information content (AvgIpc) is 2.60. The Labute approximate surface area is 157 Å². The summed E-state index contributed by atoms with van der Waals surface area (Å²) < 4.78 is 5.70. The van der Waals surface area contributed by atoms with Gasteiger partial charge in [0, 0.05) is 17.6 Å². The Hall–Kier alpha value is -1.52. The smallest absolute Gasteiger partial charge is 0.257 e. The van der Waals surface area contributed by atoms with Gasteiger partial charge in [0.05, 0.1) is 10.0 Å². The average molecular weight is 381 g/mol. The van der Waals surface area contributed by atoms with Crippen LogP contribution in [0.2, 0.25) is 10.0 Å². The van der Waals surface area contributed by atoms with Gasteiger partial charge < -0.3 is 10.1 Å². The molecule has 0 spiro atoms. The number of benzene rings is 1. The Morgan fingerprint density at radius 1 is 1.24 bits per heavy atom. The first-order chi connectivity index (χ1) is 12.0. The number of hydrogen-bond donors (Lipinski definition) is 1. The zero-order valence-electron chi connectivity index (χ0n) is 14.3. The lowest BCUT2D eigenvalue weighted by Crippen LogP contribution is -2.33. The first-order valence-corrected chi connectivity index (χ1v) is 9.45. The van der Waals surface area contributed by atoms with Crippen molar-refractivity contribution < 1.29 is 9.53 Å². The first-order valence-electron chi connectivity index (χ1n) is 8.69. The van der Waals surface area contributed by atoms with E-state index in [1.165, 1.54) is 32.1 Å². The largest absolute Gasteiger partial charge is 0.480 e. The Morgan fingerprint density at radius 2 is 2.00 bits per heavy atom. The molecule has 6 heteroatoms. The van der Waals surface area contributed by atoms with Crippen LogP contribution in [0.15, 0.2) is 18.2 Å². The molecule has 134 valence electrons. The molecule has 0 aliphatic heterocycles. The van der Waals surface area contributed by atoms with E-state index in [4.69, 9.17) is 27.9 Å². The van der Waals surface area contributed by atoms with Gasteiger partial charge in [-0.2, -0.15) is 0 Å². The van der Waals surface area contributed by atoms with Crippen LogP contribution in [0, 0.1) is 12.8 Å². The Balaban J connectivity index is 1.66. The number of carbonyl (C=O) groups is 1. The summed E-state index contributed by atoms with van der Waals surface area (Å²) in [6.45, 7) is 2.52. The molecular formula is C19H22Cl2N2O2. The van der Waals surface area contributed by atoms with Gasteiger partial charge in [0.15, 0.2) is 12.4 Å². The number of nitrogens with one attached hydrogen (secondary N) is 1. The number of halogens is 2. The molecule has 1 aliphatic rings. The van der Waals surface area contributed by atoms with Gasteiger partial charge in [-0.25, -0.2) is 4.98 Å². The number of ether oxygens (including phenoxy) is 1.